The second-order valence-corrected chi connectivity index (χ2v) is 13.9. The third-order valence-corrected chi connectivity index (χ3v) is 11.7. The van der Waals surface area contributed by atoms with Crippen LogP contribution in [0, 0.1) is 11.8 Å². The Kier molecular flexibility index (Phi) is 8.68. The largest absolute Gasteiger partial charge is 0.0988 e. The first-order chi connectivity index (χ1) is 14.5. The number of benzene rings is 3. The summed E-state index contributed by atoms with van der Waals surface area (Å²) in [5.41, 5.74) is 2.20. The van der Waals surface area contributed by atoms with E-state index in [0.29, 0.717) is 5.66 Å². The van der Waals surface area contributed by atoms with Crippen LogP contribution in [0.2, 0.25) is 0 Å². The molecule has 0 heterocycles. The fourth-order valence-corrected chi connectivity index (χ4v) is 10.1. The van der Waals surface area contributed by atoms with Crippen molar-refractivity contribution >= 4 is 31.8 Å². The van der Waals surface area contributed by atoms with Crippen molar-refractivity contribution in [1.82, 2.24) is 0 Å². The van der Waals surface area contributed by atoms with Gasteiger partial charge in [-0.2, -0.15) is 0 Å². The number of rotatable bonds is 9. The lowest BCUT2D eigenvalue weighted by Crippen LogP contribution is -2.24. The topological polar surface area (TPSA) is 0 Å². The molecule has 0 aromatic heterocycles. The molecule has 0 radical (unpaired) electrons. The molecule has 3 aromatic rings. The van der Waals surface area contributed by atoms with Crippen LogP contribution in [-0.2, 0) is 0 Å². The fraction of sp³-hybridized carbons (Fsp3) is 0.357. The van der Waals surface area contributed by atoms with Crippen molar-refractivity contribution in [2.45, 2.75) is 40.3 Å². The zero-order chi connectivity index (χ0) is 21.5. The molecule has 3 rings (SSSR count). The molecule has 2 heteroatoms. The Morgan fingerprint density at radius 2 is 1.00 bits per heavy atom. The van der Waals surface area contributed by atoms with Crippen LogP contribution in [0.3, 0.4) is 0 Å². The van der Waals surface area contributed by atoms with Gasteiger partial charge in [0.05, 0.1) is 0 Å². The summed E-state index contributed by atoms with van der Waals surface area (Å²) in [4.78, 5) is 0. The fourth-order valence-electron chi connectivity index (χ4n) is 4.15. The van der Waals surface area contributed by atoms with Crippen LogP contribution in [0.5, 0.6) is 0 Å². The second kappa shape index (κ2) is 11.2. The summed E-state index contributed by atoms with van der Waals surface area (Å²) in [7, 11) is -0.600. The van der Waals surface area contributed by atoms with Crippen LogP contribution in [0.1, 0.15) is 45.8 Å². The Morgan fingerprint density at radius 1 is 0.567 bits per heavy atom. The van der Waals surface area contributed by atoms with E-state index < -0.39 is 7.92 Å². The van der Waals surface area contributed by atoms with Gasteiger partial charge in [-0.1, -0.05) is 127 Å². The van der Waals surface area contributed by atoms with Crippen LogP contribution in [0.4, 0.5) is 0 Å². The van der Waals surface area contributed by atoms with Crippen molar-refractivity contribution in [3.8, 4) is 0 Å². The summed E-state index contributed by atoms with van der Waals surface area (Å²) in [5.74, 6) is 1.52. The van der Waals surface area contributed by atoms with Gasteiger partial charge in [-0.25, -0.2) is 0 Å². The molecular weight excluding hydrogens is 398 g/mol. The monoisotopic (exact) mass is 434 g/mol. The molecule has 0 fully saturated rings. The Morgan fingerprint density at radius 3 is 1.47 bits per heavy atom. The van der Waals surface area contributed by atoms with Gasteiger partial charge in [0.15, 0.2) is 0 Å². The van der Waals surface area contributed by atoms with Crippen molar-refractivity contribution in [3.05, 3.63) is 90.5 Å². The van der Waals surface area contributed by atoms with Crippen molar-refractivity contribution in [1.29, 1.82) is 0 Å². The molecule has 0 aliphatic carbocycles. The zero-order valence-corrected chi connectivity index (χ0v) is 20.9. The van der Waals surface area contributed by atoms with Crippen LogP contribution in [-0.4, -0.2) is 12.3 Å². The molecule has 0 bridgehead atoms. The van der Waals surface area contributed by atoms with E-state index in [2.05, 4.69) is 120 Å². The molecule has 0 N–H and O–H groups in total. The average Bonchev–Trinajstić information content (AvgIpc) is 2.74. The molecule has 0 amide bonds. The Labute approximate surface area is 186 Å². The second-order valence-electron chi connectivity index (χ2n) is 8.98. The van der Waals surface area contributed by atoms with Gasteiger partial charge in [0.1, 0.15) is 0 Å². The summed E-state index contributed by atoms with van der Waals surface area (Å²) in [6, 6.07) is 31.5. The Bertz CT molecular complexity index is 837. The molecule has 0 unspecified atom stereocenters. The molecule has 0 saturated heterocycles. The molecule has 30 heavy (non-hydrogen) atoms. The van der Waals surface area contributed by atoms with Crippen molar-refractivity contribution in [2.24, 2.45) is 11.8 Å². The summed E-state index contributed by atoms with van der Waals surface area (Å²) in [5, 5.41) is 4.42. The highest BCUT2D eigenvalue weighted by Crippen LogP contribution is 2.54. The Balaban J connectivity index is 2.08. The van der Waals surface area contributed by atoms with Gasteiger partial charge in [0, 0.05) is 5.66 Å². The first-order valence-corrected chi connectivity index (χ1v) is 14.3. The minimum atomic E-state index is -0.554. The van der Waals surface area contributed by atoms with Gasteiger partial charge in [-0.05, 0) is 53.6 Å². The highest BCUT2D eigenvalue weighted by molar-refractivity contribution is 7.80. The van der Waals surface area contributed by atoms with E-state index in [1.807, 2.05) is 0 Å². The van der Waals surface area contributed by atoms with E-state index in [9.17, 15) is 0 Å². The quantitative estimate of drug-likeness (QED) is 0.310. The summed E-state index contributed by atoms with van der Waals surface area (Å²) in [6.07, 6.45) is 2.72. The van der Waals surface area contributed by atoms with Gasteiger partial charge in [0.2, 0.25) is 0 Å². The van der Waals surface area contributed by atoms with E-state index in [-0.39, 0.29) is 7.92 Å². The predicted octanol–water partition coefficient (Wildman–Crippen LogP) is 7.30. The maximum absolute atomic E-state index is 2.50. The molecular formula is C28H36P2. The van der Waals surface area contributed by atoms with Gasteiger partial charge in [-0.3, -0.25) is 0 Å². The molecule has 0 nitrogen and oxygen atoms in total. The zero-order valence-electron chi connectivity index (χ0n) is 19.1. The van der Waals surface area contributed by atoms with E-state index >= 15 is 0 Å². The van der Waals surface area contributed by atoms with Gasteiger partial charge in [-0.15, -0.1) is 0 Å². The number of hydrogen-bond acceptors (Lipinski definition) is 0. The molecule has 158 valence electrons. The van der Waals surface area contributed by atoms with Crippen LogP contribution < -0.4 is 15.9 Å². The maximum Gasteiger partial charge on any atom is 0.00202 e. The van der Waals surface area contributed by atoms with E-state index in [1.54, 1.807) is 5.56 Å². The standard InChI is InChI=1S/C28H36P2/c1-22(2)20-29(21-23(3)4)24(5)27-18-12-13-19-28(27)30(25-14-8-6-9-15-25)26-16-10-7-11-17-26/h6-19,22-24H,20-21H2,1-5H3/t24-/m1/s1. The summed E-state index contributed by atoms with van der Waals surface area (Å²) in [6.45, 7) is 12.0. The lowest BCUT2D eigenvalue weighted by Gasteiger charge is -2.32. The molecule has 3 aromatic carbocycles. The van der Waals surface area contributed by atoms with Crippen LogP contribution in [0.15, 0.2) is 84.9 Å². The van der Waals surface area contributed by atoms with Crippen molar-refractivity contribution < 1.29 is 0 Å². The minimum Gasteiger partial charge on any atom is -0.0988 e. The highest BCUT2D eigenvalue weighted by atomic mass is 31.1. The first kappa shape index (κ1) is 23.2. The smallest absolute Gasteiger partial charge is 0.00202 e. The predicted molar refractivity (Wildman–Crippen MR) is 140 cm³/mol. The minimum absolute atomic E-state index is 0.0455. The van der Waals surface area contributed by atoms with Crippen LogP contribution in [0.25, 0.3) is 0 Å². The Hall–Kier alpha value is -1.48. The first-order valence-electron chi connectivity index (χ1n) is 11.2. The van der Waals surface area contributed by atoms with Crippen LogP contribution >= 0.6 is 15.8 Å². The highest BCUT2D eigenvalue weighted by Gasteiger charge is 2.26. The normalized spacial score (nSPS) is 12.8. The molecule has 0 aliphatic rings. The molecule has 0 spiro atoms. The third-order valence-electron chi connectivity index (χ3n) is 5.40. The SMILES string of the molecule is CC(C)CP(CC(C)C)[C@H](C)c1ccccc1P(c1ccccc1)c1ccccc1. The lowest BCUT2D eigenvalue weighted by molar-refractivity contribution is 0.712. The molecule has 0 aliphatic heterocycles. The van der Waals surface area contributed by atoms with E-state index in [1.165, 1.54) is 28.2 Å². The van der Waals surface area contributed by atoms with Gasteiger partial charge >= 0.3 is 0 Å². The van der Waals surface area contributed by atoms with E-state index in [0.717, 1.165) is 11.8 Å². The number of hydrogen-bond donors (Lipinski definition) is 0. The van der Waals surface area contributed by atoms with E-state index in [4.69, 9.17) is 0 Å². The van der Waals surface area contributed by atoms with Gasteiger partial charge < -0.3 is 0 Å². The van der Waals surface area contributed by atoms with Crippen molar-refractivity contribution in [2.75, 3.05) is 12.3 Å². The third kappa shape index (κ3) is 6.03. The molecule has 1 atom stereocenters. The van der Waals surface area contributed by atoms with Gasteiger partial charge in [0.25, 0.3) is 0 Å². The van der Waals surface area contributed by atoms with Crippen molar-refractivity contribution in [3.63, 3.8) is 0 Å². The molecule has 0 saturated carbocycles. The lowest BCUT2D eigenvalue weighted by atomic mass is 10.2. The summed E-state index contributed by atoms with van der Waals surface area (Å²) < 4.78 is 0. The summed E-state index contributed by atoms with van der Waals surface area (Å²) >= 11 is 0. The maximum atomic E-state index is 2.50. The average molecular weight is 435 g/mol.